The van der Waals surface area contributed by atoms with Crippen molar-refractivity contribution >= 4 is 34.5 Å². The number of aromatic amines is 1. The van der Waals surface area contributed by atoms with E-state index in [1.165, 1.54) is 24.4 Å². The highest BCUT2D eigenvalue weighted by molar-refractivity contribution is 5.85. The first-order chi connectivity index (χ1) is 14.3. The van der Waals surface area contributed by atoms with Gasteiger partial charge in [-0.3, -0.25) is 0 Å². The van der Waals surface area contributed by atoms with E-state index >= 15 is 0 Å². The van der Waals surface area contributed by atoms with Crippen LogP contribution in [0.1, 0.15) is 0 Å². The lowest BCUT2D eigenvalue weighted by Crippen LogP contribution is -2.54. The fourth-order valence-electron chi connectivity index (χ4n) is 3.64. The number of carbonyl (C=O) groups is 1. The van der Waals surface area contributed by atoms with Crippen molar-refractivity contribution < 1.29 is 22.4 Å². The van der Waals surface area contributed by atoms with Crippen molar-refractivity contribution in [2.45, 2.75) is 12.2 Å². The molecule has 0 aliphatic carbocycles. The number of hydrogen-bond donors (Lipinski definition) is 2. The normalized spacial score (nSPS) is 17.4. The third-order valence-electron chi connectivity index (χ3n) is 5.02. The number of aromatic nitrogens is 2. The SMILES string of the molecule is O=CC1CN(c2ncccc2NCC(F)(F)F)CCN1c1cc2cc(F)ccc2[nH]1. The number of pyridine rings is 1. The van der Waals surface area contributed by atoms with Gasteiger partial charge >= 0.3 is 6.18 Å². The Morgan fingerprint density at radius 2 is 2.07 bits per heavy atom. The molecule has 0 saturated carbocycles. The molecule has 6 nitrogen and oxygen atoms in total. The number of piperazine rings is 1. The minimum atomic E-state index is -4.35. The topological polar surface area (TPSA) is 64.3 Å². The van der Waals surface area contributed by atoms with Crippen LogP contribution in [-0.4, -0.2) is 54.7 Å². The first-order valence-corrected chi connectivity index (χ1v) is 9.35. The summed E-state index contributed by atoms with van der Waals surface area (Å²) in [6.45, 7) is -0.0287. The Hall–Kier alpha value is -3.30. The largest absolute Gasteiger partial charge is 0.405 e. The first-order valence-electron chi connectivity index (χ1n) is 9.35. The van der Waals surface area contributed by atoms with Gasteiger partial charge in [0.15, 0.2) is 5.82 Å². The van der Waals surface area contributed by atoms with E-state index in [0.717, 1.165) is 11.8 Å². The van der Waals surface area contributed by atoms with Gasteiger partial charge in [0.2, 0.25) is 0 Å². The molecule has 1 aliphatic heterocycles. The van der Waals surface area contributed by atoms with E-state index in [-0.39, 0.29) is 18.0 Å². The Bertz CT molecular complexity index is 1050. The van der Waals surface area contributed by atoms with Crippen molar-refractivity contribution in [1.82, 2.24) is 9.97 Å². The van der Waals surface area contributed by atoms with Gasteiger partial charge in [-0.05, 0) is 36.4 Å². The number of rotatable bonds is 5. The van der Waals surface area contributed by atoms with E-state index in [9.17, 15) is 22.4 Å². The van der Waals surface area contributed by atoms with Crippen molar-refractivity contribution in [3.05, 3.63) is 48.4 Å². The quantitative estimate of drug-likeness (QED) is 0.487. The minimum absolute atomic E-state index is 0.255. The summed E-state index contributed by atoms with van der Waals surface area (Å²) in [6, 6.07) is 8.72. The summed E-state index contributed by atoms with van der Waals surface area (Å²) in [6.07, 6.45) is -2.06. The van der Waals surface area contributed by atoms with Gasteiger partial charge in [-0.1, -0.05) is 0 Å². The summed E-state index contributed by atoms with van der Waals surface area (Å²) in [5.41, 5.74) is 1.01. The van der Waals surface area contributed by atoms with Gasteiger partial charge in [-0.15, -0.1) is 0 Å². The number of alkyl halides is 3. The molecule has 2 N–H and O–H groups in total. The lowest BCUT2D eigenvalue weighted by Gasteiger charge is -2.40. The maximum absolute atomic E-state index is 13.5. The van der Waals surface area contributed by atoms with Crippen LogP contribution in [0.25, 0.3) is 10.9 Å². The smallest absolute Gasteiger partial charge is 0.373 e. The highest BCUT2D eigenvalue weighted by Crippen LogP contribution is 2.29. The van der Waals surface area contributed by atoms with Gasteiger partial charge in [0.05, 0.1) is 5.69 Å². The fourth-order valence-corrected chi connectivity index (χ4v) is 3.64. The van der Waals surface area contributed by atoms with Crippen molar-refractivity contribution in [1.29, 1.82) is 0 Å². The Morgan fingerprint density at radius 1 is 1.23 bits per heavy atom. The van der Waals surface area contributed by atoms with E-state index in [1.807, 2.05) is 4.90 Å². The molecule has 158 valence electrons. The number of nitrogens with one attached hydrogen (secondary N) is 2. The molecule has 1 saturated heterocycles. The molecule has 1 unspecified atom stereocenters. The summed E-state index contributed by atoms with van der Waals surface area (Å²) in [5, 5.41) is 3.07. The van der Waals surface area contributed by atoms with Gasteiger partial charge < -0.3 is 24.9 Å². The summed E-state index contributed by atoms with van der Waals surface area (Å²) in [5.74, 6) is 0.703. The predicted octanol–water partition coefficient (Wildman–Crippen LogP) is 3.57. The van der Waals surface area contributed by atoms with Gasteiger partial charge in [-0.25, -0.2) is 9.37 Å². The lowest BCUT2D eigenvalue weighted by atomic mass is 10.1. The molecule has 0 bridgehead atoms. The van der Waals surface area contributed by atoms with Gasteiger partial charge in [0.1, 0.15) is 30.5 Å². The Morgan fingerprint density at radius 3 is 2.83 bits per heavy atom. The molecule has 10 heteroatoms. The van der Waals surface area contributed by atoms with Crippen molar-refractivity contribution in [3.63, 3.8) is 0 Å². The maximum Gasteiger partial charge on any atom is 0.405 e. The van der Waals surface area contributed by atoms with Crippen LogP contribution in [0.2, 0.25) is 0 Å². The second-order valence-electron chi connectivity index (χ2n) is 7.07. The average Bonchev–Trinajstić information content (AvgIpc) is 3.14. The predicted molar refractivity (Wildman–Crippen MR) is 106 cm³/mol. The zero-order chi connectivity index (χ0) is 21.3. The van der Waals surface area contributed by atoms with Gasteiger partial charge in [0.25, 0.3) is 0 Å². The number of anilines is 3. The van der Waals surface area contributed by atoms with Crippen LogP contribution in [0.5, 0.6) is 0 Å². The Balaban J connectivity index is 1.54. The number of fused-ring (bicyclic) bond motifs is 1. The fraction of sp³-hybridized carbons (Fsp3) is 0.300. The zero-order valence-corrected chi connectivity index (χ0v) is 15.8. The molecule has 1 aliphatic rings. The van der Waals surface area contributed by atoms with E-state index in [1.54, 1.807) is 23.1 Å². The monoisotopic (exact) mass is 421 g/mol. The van der Waals surface area contributed by atoms with Crippen LogP contribution in [0.15, 0.2) is 42.6 Å². The van der Waals surface area contributed by atoms with Crippen LogP contribution < -0.4 is 15.1 Å². The van der Waals surface area contributed by atoms with Crippen LogP contribution in [0.4, 0.5) is 34.9 Å². The number of hydrogen-bond acceptors (Lipinski definition) is 5. The number of nitrogens with zero attached hydrogens (tertiary/aromatic N) is 3. The van der Waals surface area contributed by atoms with Crippen LogP contribution >= 0.6 is 0 Å². The molecule has 4 rings (SSSR count). The van der Waals surface area contributed by atoms with E-state index in [2.05, 4.69) is 15.3 Å². The van der Waals surface area contributed by atoms with Crippen molar-refractivity contribution in [2.24, 2.45) is 0 Å². The minimum Gasteiger partial charge on any atom is -0.373 e. The molecule has 3 heterocycles. The molecule has 3 aromatic rings. The van der Waals surface area contributed by atoms with E-state index < -0.39 is 18.8 Å². The summed E-state index contributed by atoms with van der Waals surface area (Å²) in [4.78, 5) is 22.9. The molecule has 1 atom stereocenters. The van der Waals surface area contributed by atoms with E-state index in [4.69, 9.17) is 0 Å². The third-order valence-corrected chi connectivity index (χ3v) is 5.02. The highest BCUT2D eigenvalue weighted by atomic mass is 19.4. The maximum atomic E-state index is 13.5. The summed E-state index contributed by atoms with van der Waals surface area (Å²) < 4.78 is 51.3. The van der Waals surface area contributed by atoms with Gasteiger partial charge in [-0.2, -0.15) is 13.2 Å². The van der Waals surface area contributed by atoms with E-state index in [0.29, 0.717) is 30.1 Å². The molecule has 0 amide bonds. The average molecular weight is 421 g/mol. The molecular weight excluding hydrogens is 402 g/mol. The molecule has 1 fully saturated rings. The van der Waals surface area contributed by atoms with Crippen molar-refractivity contribution in [2.75, 3.05) is 41.3 Å². The molecule has 0 spiro atoms. The number of benzene rings is 1. The Kier molecular flexibility index (Phi) is 5.23. The number of halogens is 4. The zero-order valence-electron chi connectivity index (χ0n) is 15.8. The third kappa shape index (κ3) is 4.17. The summed E-state index contributed by atoms with van der Waals surface area (Å²) in [7, 11) is 0. The second kappa shape index (κ2) is 7.85. The van der Waals surface area contributed by atoms with Crippen LogP contribution in [0, 0.1) is 5.82 Å². The number of H-pyrrole nitrogens is 1. The number of carbonyl (C=O) groups excluding carboxylic acids is 1. The van der Waals surface area contributed by atoms with Crippen molar-refractivity contribution in [3.8, 4) is 0 Å². The Labute approximate surface area is 169 Å². The molecule has 2 aromatic heterocycles. The van der Waals surface area contributed by atoms with Crippen LogP contribution in [-0.2, 0) is 4.79 Å². The number of aldehydes is 1. The molecule has 1 aromatic carbocycles. The molecule has 30 heavy (non-hydrogen) atoms. The van der Waals surface area contributed by atoms with Crippen LogP contribution in [0.3, 0.4) is 0 Å². The first kappa shape index (κ1) is 20.0. The van der Waals surface area contributed by atoms with Gasteiger partial charge in [0, 0.05) is 36.7 Å². The lowest BCUT2D eigenvalue weighted by molar-refractivity contribution is -0.115. The second-order valence-corrected chi connectivity index (χ2v) is 7.07. The standard InChI is InChI=1S/C20H19F4N5O/c21-14-3-4-16-13(8-14)9-18(27-16)29-7-6-28(10-15(29)11-30)19-17(2-1-5-25-19)26-12-20(22,23)24/h1-5,8-9,11,15,26-27H,6-7,10,12H2. The summed E-state index contributed by atoms with van der Waals surface area (Å²) >= 11 is 0. The molecule has 0 radical (unpaired) electrons. The highest BCUT2D eigenvalue weighted by Gasteiger charge is 2.31. The molecular formula is C20H19F4N5O.